The summed E-state index contributed by atoms with van der Waals surface area (Å²) >= 11 is 0. The molecule has 0 bridgehead atoms. The predicted molar refractivity (Wildman–Crippen MR) is 89.9 cm³/mol. The summed E-state index contributed by atoms with van der Waals surface area (Å²) in [6.45, 7) is 3.99. The maximum atomic E-state index is 4.53. The van der Waals surface area contributed by atoms with E-state index in [9.17, 15) is 0 Å². The summed E-state index contributed by atoms with van der Waals surface area (Å²) in [6.07, 6.45) is 5.79. The second-order valence-electron chi connectivity index (χ2n) is 5.72. The molecular formula is C18H17N5. The molecule has 0 radical (unpaired) electrons. The molecule has 0 unspecified atom stereocenters. The fourth-order valence-corrected chi connectivity index (χ4v) is 2.80. The first kappa shape index (κ1) is 13.7. The molecule has 5 heteroatoms. The lowest BCUT2D eigenvalue weighted by Crippen LogP contribution is -2.20. The molecule has 0 amide bonds. The number of rotatable bonds is 2. The molecule has 0 fully saturated rings. The lowest BCUT2D eigenvalue weighted by molar-refractivity contribution is 0.607. The van der Waals surface area contributed by atoms with Gasteiger partial charge < -0.3 is 5.32 Å². The van der Waals surface area contributed by atoms with Gasteiger partial charge in [-0.25, -0.2) is 4.68 Å². The fourth-order valence-electron chi connectivity index (χ4n) is 2.80. The van der Waals surface area contributed by atoms with Crippen LogP contribution >= 0.6 is 0 Å². The topological polar surface area (TPSA) is 55.6 Å². The summed E-state index contributed by atoms with van der Waals surface area (Å²) < 4.78 is 1.92. The zero-order chi connectivity index (χ0) is 15.8. The highest BCUT2D eigenvalue weighted by Crippen LogP contribution is 2.32. The molecule has 3 heterocycles. The number of aryl methyl sites for hydroxylation is 2. The van der Waals surface area contributed by atoms with E-state index in [0.29, 0.717) is 0 Å². The maximum absolute atomic E-state index is 4.53. The van der Waals surface area contributed by atoms with E-state index in [1.807, 2.05) is 23.7 Å². The van der Waals surface area contributed by atoms with Gasteiger partial charge in [0.05, 0.1) is 0 Å². The van der Waals surface area contributed by atoms with Crippen molar-refractivity contribution in [2.45, 2.75) is 19.9 Å². The number of aromatic nitrogens is 4. The van der Waals surface area contributed by atoms with Crippen LogP contribution in [0.2, 0.25) is 0 Å². The number of nitrogens with zero attached hydrogens (tertiary/aromatic N) is 4. The zero-order valence-corrected chi connectivity index (χ0v) is 13.1. The van der Waals surface area contributed by atoms with E-state index >= 15 is 0 Å². The summed E-state index contributed by atoms with van der Waals surface area (Å²) in [7, 11) is 0. The zero-order valence-electron chi connectivity index (χ0n) is 13.1. The van der Waals surface area contributed by atoms with Crippen LogP contribution in [0.3, 0.4) is 0 Å². The van der Waals surface area contributed by atoms with Crippen LogP contribution in [-0.4, -0.2) is 19.7 Å². The lowest BCUT2D eigenvalue weighted by atomic mass is 10.0. The average molecular weight is 303 g/mol. The Balaban J connectivity index is 1.82. The maximum Gasteiger partial charge on any atom is 0.226 e. The van der Waals surface area contributed by atoms with Crippen molar-refractivity contribution in [1.82, 2.24) is 19.7 Å². The first-order chi connectivity index (χ1) is 11.2. The Kier molecular flexibility index (Phi) is 3.19. The molecule has 1 atom stereocenters. The summed E-state index contributed by atoms with van der Waals surface area (Å²) in [5, 5.41) is 7.92. The molecule has 1 N–H and O–H groups in total. The van der Waals surface area contributed by atoms with Gasteiger partial charge in [0.15, 0.2) is 0 Å². The number of hydrogen-bond acceptors (Lipinski definition) is 4. The Morgan fingerprint density at radius 1 is 1.00 bits per heavy atom. The largest absolute Gasteiger partial charge is 0.324 e. The van der Waals surface area contributed by atoms with Crippen molar-refractivity contribution < 1.29 is 0 Å². The Morgan fingerprint density at radius 3 is 2.48 bits per heavy atom. The monoisotopic (exact) mass is 303 g/mol. The van der Waals surface area contributed by atoms with Crippen LogP contribution in [-0.2, 0) is 0 Å². The first-order valence-electron chi connectivity index (χ1n) is 7.60. The molecule has 1 aromatic carbocycles. The van der Waals surface area contributed by atoms with Gasteiger partial charge in [-0.05, 0) is 43.2 Å². The number of anilines is 1. The highest BCUT2D eigenvalue weighted by Gasteiger charge is 2.24. The normalized spacial score (nSPS) is 16.4. The summed E-state index contributed by atoms with van der Waals surface area (Å²) in [4.78, 5) is 8.61. The molecule has 1 aliphatic heterocycles. The Morgan fingerprint density at radius 2 is 1.74 bits per heavy atom. The van der Waals surface area contributed by atoms with Gasteiger partial charge in [-0.15, -0.1) is 0 Å². The molecule has 0 saturated heterocycles. The van der Waals surface area contributed by atoms with Gasteiger partial charge in [0, 0.05) is 18.1 Å². The molecule has 0 aliphatic carbocycles. The first-order valence-corrected chi connectivity index (χ1v) is 7.60. The van der Waals surface area contributed by atoms with Crippen molar-refractivity contribution in [3.05, 3.63) is 77.4 Å². The minimum Gasteiger partial charge on any atom is -0.324 e. The second kappa shape index (κ2) is 5.35. The molecule has 4 rings (SSSR count). The number of pyridine rings is 1. The van der Waals surface area contributed by atoms with Crippen LogP contribution in [0, 0.1) is 13.8 Å². The Labute approximate surface area is 134 Å². The fraction of sp³-hybridized carbons (Fsp3) is 0.167. The molecule has 2 aromatic heterocycles. The lowest BCUT2D eigenvalue weighted by Gasteiger charge is -2.24. The molecule has 5 nitrogen and oxygen atoms in total. The highest BCUT2D eigenvalue weighted by molar-refractivity contribution is 5.77. The minimum atomic E-state index is 0.00625. The van der Waals surface area contributed by atoms with Gasteiger partial charge in [0.2, 0.25) is 5.95 Å². The van der Waals surface area contributed by atoms with Crippen LogP contribution in [0.1, 0.15) is 28.6 Å². The molecular weight excluding hydrogens is 286 g/mol. The van der Waals surface area contributed by atoms with E-state index in [1.165, 1.54) is 5.56 Å². The third kappa shape index (κ3) is 2.50. The Bertz CT molecular complexity index is 862. The summed E-state index contributed by atoms with van der Waals surface area (Å²) in [5.74, 6) is 1.52. The van der Waals surface area contributed by atoms with Crippen LogP contribution < -0.4 is 5.32 Å². The van der Waals surface area contributed by atoms with Gasteiger partial charge in [-0.2, -0.15) is 10.1 Å². The van der Waals surface area contributed by atoms with E-state index in [-0.39, 0.29) is 6.04 Å². The second-order valence-corrected chi connectivity index (χ2v) is 5.72. The van der Waals surface area contributed by atoms with Crippen molar-refractivity contribution in [3.63, 3.8) is 0 Å². The number of nitrogens with one attached hydrogen (secondary N) is 1. The van der Waals surface area contributed by atoms with Gasteiger partial charge in [-0.3, -0.25) is 4.98 Å². The van der Waals surface area contributed by atoms with Gasteiger partial charge in [0.1, 0.15) is 11.9 Å². The quantitative estimate of drug-likeness (QED) is 0.789. The van der Waals surface area contributed by atoms with Crippen molar-refractivity contribution in [2.24, 2.45) is 0 Å². The molecule has 0 saturated carbocycles. The number of allylic oxidation sites excluding steroid dienone is 1. The smallest absolute Gasteiger partial charge is 0.226 e. The van der Waals surface area contributed by atoms with Crippen LogP contribution in [0.15, 0.2) is 54.9 Å². The molecule has 0 spiro atoms. The third-order valence-electron chi connectivity index (χ3n) is 3.98. The number of fused-ring (bicyclic) bond motifs is 1. The van der Waals surface area contributed by atoms with E-state index in [4.69, 9.17) is 0 Å². The standard InChI is InChI=1S/C18H17N5/c1-12-3-5-14(6-4-12)16-11-17(15-7-9-19-10-8-15)23-18(21-16)20-13(2)22-23/h3-11,17H,1-2H3,(H,20,21,22)/t17-/m1/s1. The summed E-state index contributed by atoms with van der Waals surface area (Å²) in [6, 6.07) is 12.5. The van der Waals surface area contributed by atoms with Crippen LogP contribution in [0.4, 0.5) is 5.95 Å². The van der Waals surface area contributed by atoms with E-state index in [2.05, 4.69) is 57.6 Å². The molecule has 3 aromatic rings. The molecule has 23 heavy (non-hydrogen) atoms. The van der Waals surface area contributed by atoms with Crippen molar-refractivity contribution in [2.75, 3.05) is 5.32 Å². The van der Waals surface area contributed by atoms with Crippen molar-refractivity contribution in [3.8, 4) is 0 Å². The predicted octanol–water partition coefficient (Wildman–Crippen LogP) is 3.35. The van der Waals surface area contributed by atoms with Gasteiger partial charge in [0.25, 0.3) is 0 Å². The number of hydrogen-bond donors (Lipinski definition) is 1. The molecule has 114 valence electrons. The Hall–Kier alpha value is -2.95. The van der Waals surface area contributed by atoms with Crippen molar-refractivity contribution in [1.29, 1.82) is 0 Å². The minimum absolute atomic E-state index is 0.00625. The van der Waals surface area contributed by atoms with Crippen LogP contribution in [0.25, 0.3) is 5.70 Å². The van der Waals surface area contributed by atoms with Gasteiger partial charge in [-0.1, -0.05) is 29.8 Å². The van der Waals surface area contributed by atoms with E-state index in [1.54, 1.807) is 12.4 Å². The van der Waals surface area contributed by atoms with Gasteiger partial charge >= 0.3 is 0 Å². The average Bonchev–Trinajstić information content (AvgIpc) is 2.95. The SMILES string of the molecule is Cc1ccc(C2=C[C@H](c3ccncc3)n3nc(C)nc3N2)cc1. The highest BCUT2D eigenvalue weighted by atomic mass is 15.4. The number of benzene rings is 1. The van der Waals surface area contributed by atoms with Crippen LogP contribution in [0.5, 0.6) is 0 Å². The third-order valence-corrected chi connectivity index (χ3v) is 3.98. The van der Waals surface area contributed by atoms with E-state index < -0.39 is 0 Å². The summed E-state index contributed by atoms with van der Waals surface area (Å²) in [5.41, 5.74) is 4.57. The van der Waals surface area contributed by atoms with E-state index in [0.717, 1.165) is 28.6 Å². The van der Waals surface area contributed by atoms with Crippen molar-refractivity contribution >= 4 is 11.6 Å². The molecule has 1 aliphatic rings.